The van der Waals surface area contributed by atoms with Crippen molar-refractivity contribution in [3.63, 3.8) is 0 Å². The van der Waals surface area contributed by atoms with Gasteiger partial charge in [-0.25, -0.2) is 0 Å². The standard InChI is InChI=1S/C27H27ClN2O3/c1-3-18-6-5-7-19(4-2)26(18)30-17-20(16-25(30)31)27(32)29-22-10-14-24(15-11-22)33-23-12-8-21(28)9-13-23/h5-15,20H,3-4,16-17H2,1-2H3,(H,29,32)/t20-/m0/s1. The van der Waals surface area contributed by atoms with E-state index in [4.69, 9.17) is 16.3 Å². The van der Waals surface area contributed by atoms with Crippen LogP contribution in [0.1, 0.15) is 31.4 Å². The van der Waals surface area contributed by atoms with Crippen molar-refractivity contribution in [2.24, 2.45) is 5.92 Å². The summed E-state index contributed by atoms with van der Waals surface area (Å²) in [5.74, 6) is 0.791. The van der Waals surface area contributed by atoms with Gasteiger partial charge in [0.1, 0.15) is 11.5 Å². The zero-order chi connectivity index (χ0) is 23.4. The molecule has 1 N–H and O–H groups in total. The number of rotatable bonds is 7. The maximum Gasteiger partial charge on any atom is 0.229 e. The van der Waals surface area contributed by atoms with Gasteiger partial charge in [0.25, 0.3) is 0 Å². The highest BCUT2D eigenvalue weighted by Crippen LogP contribution is 2.33. The van der Waals surface area contributed by atoms with Gasteiger partial charge in [-0.05, 0) is 72.5 Å². The first-order chi connectivity index (χ1) is 16.0. The SMILES string of the molecule is CCc1cccc(CC)c1N1C[C@@H](C(=O)Nc2ccc(Oc3ccc(Cl)cc3)cc2)CC1=O. The molecular formula is C27H27ClN2O3. The van der Waals surface area contributed by atoms with Crippen LogP contribution in [0.3, 0.4) is 0 Å². The zero-order valence-corrected chi connectivity index (χ0v) is 19.6. The average Bonchev–Trinajstić information content (AvgIpc) is 3.22. The first-order valence-corrected chi connectivity index (χ1v) is 11.6. The van der Waals surface area contributed by atoms with Crippen LogP contribution in [0.5, 0.6) is 11.5 Å². The summed E-state index contributed by atoms with van der Waals surface area (Å²) < 4.78 is 5.79. The van der Waals surface area contributed by atoms with Crippen molar-refractivity contribution in [1.29, 1.82) is 0 Å². The number of halogens is 1. The first kappa shape index (κ1) is 22.9. The molecule has 3 aromatic carbocycles. The molecule has 0 radical (unpaired) electrons. The summed E-state index contributed by atoms with van der Waals surface area (Å²) in [5.41, 5.74) is 3.92. The summed E-state index contributed by atoms with van der Waals surface area (Å²) in [5, 5.41) is 3.59. The predicted octanol–water partition coefficient (Wildman–Crippen LogP) is 6.25. The average molecular weight is 463 g/mol. The molecule has 1 heterocycles. The lowest BCUT2D eigenvalue weighted by molar-refractivity contribution is -0.122. The number of ether oxygens (including phenoxy) is 1. The van der Waals surface area contributed by atoms with Gasteiger partial charge in [-0.2, -0.15) is 0 Å². The maximum atomic E-state index is 12.9. The van der Waals surface area contributed by atoms with Gasteiger partial charge in [-0.3, -0.25) is 9.59 Å². The van der Waals surface area contributed by atoms with Crippen LogP contribution in [0.25, 0.3) is 0 Å². The van der Waals surface area contributed by atoms with Gasteiger partial charge >= 0.3 is 0 Å². The Morgan fingerprint density at radius 1 is 0.970 bits per heavy atom. The molecule has 0 unspecified atom stereocenters. The van der Waals surface area contributed by atoms with Crippen molar-refractivity contribution in [3.05, 3.63) is 82.9 Å². The largest absolute Gasteiger partial charge is 0.457 e. The van der Waals surface area contributed by atoms with Crippen LogP contribution in [-0.2, 0) is 22.4 Å². The molecule has 0 aliphatic carbocycles. The molecule has 0 spiro atoms. The molecular weight excluding hydrogens is 436 g/mol. The lowest BCUT2D eigenvalue weighted by atomic mass is 10.0. The molecule has 6 heteroatoms. The minimum absolute atomic E-state index is 0.00235. The molecule has 1 aliphatic rings. The number of anilines is 2. The van der Waals surface area contributed by atoms with Crippen LogP contribution in [-0.4, -0.2) is 18.4 Å². The van der Waals surface area contributed by atoms with E-state index in [1.165, 1.54) is 0 Å². The summed E-state index contributed by atoms with van der Waals surface area (Å²) in [7, 11) is 0. The molecule has 0 aromatic heterocycles. The number of hydrogen-bond acceptors (Lipinski definition) is 3. The predicted molar refractivity (Wildman–Crippen MR) is 132 cm³/mol. The van der Waals surface area contributed by atoms with Gasteiger partial charge in [0, 0.05) is 29.4 Å². The molecule has 3 aromatic rings. The molecule has 170 valence electrons. The van der Waals surface area contributed by atoms with Crippen LogP contribution in [0.4, 0.5) is 11.4 Å². The molecule has 0 saturated carbocycles. The van der Waals surface area contributed by atoms with Gasteiger partial charge in [-0.1, -0.05) is 43.6 Å². The molecule has 1 fully saturated rings. The summed E-state index contributed by atoms with van der Waals surface area (Å²) in [6, 6.07) is 20.4. The summed E-state index contributed by atoms with van der Waals surface area (Å²) in [6.07, 6.45) is 1.90. The van der Waals surface area contributed by atoms with E-state index in [0.717, 1.165) is 29.7 Å². The number of carbonyl (C=O) groups is 2. The second-order valence-corrected chi connectivity index (χ2v) is 8.54. The third kappa shape index (κ3) is 5.20. The zero-order valence-electron chi connectivity index (χ0n) is 18.8. The van der Waals surface area contributed by atoms with Gasteiger partial charge in [-0.15, -0.1) is 0 Å². The molecule has 2 amide bonds. The molecule has 1 atom stereocenters. The van der Waals surface area contributed by atoms with E-state index in [0.29, 0.717) is 28.8 Å². The quantitative estimate of drug-likeness (QED) is 0.451. The van der Waals surface area contributed by atoms with Crippen LogP contribution < -0.4 is 15.0 Å². The fourth-order valence-corrected chi connectivity index (χ4v) is 4.28. The van der Waals surface area contributed by atoms with E-state index in [-0.39, 0.29) is 18.2 Å². The monoisotopic (exact) mass is 462 g/mol. The van der Waals surface area contributed by atoms with Crippen LogP contribution in [0.15, 0.2) is 66.7 Å². The molecule has 33 heavy (non-hydrogen) atoms. The smallest absolute Gasteiger partial charge is 0.229 e. The Hall–Kier alpha value is -3.31. The number of nitrogens with one attached hydrogen (secondary N) is 1. The summed E-state index contributed by atoms with van der Waals surface area (Å²) in [6.45, 7) is 4.57. The fraction of sp³-hybridized carbons (Fsp3) is 0.259. The number of aryl methyl sites for hydroxylation is 2. The fourth-order valence-electron chi connectivity index (χ4n) is 4.15. The van der Waals surface area contributed by atoms with Crippen molar-refractivity contribution in [2.75, 3.05) is 16.8 Å². The van der Waals surface area contributed by atoms with E-state index in [1.807, 2.05) is 6.07 Å². The number of nitrogens with zero attached hydrogens (tertiary/aromatic N) is 1. The molecule has 5 nitrogen and oxygen atoms in total. The van der Waals surface area contributed by atoms with Crippen molar-refractivity contribution in [2.45, 2.75) is 33.1 Å². The second-order valence-electron chi connectivity index (χ2n) is 8.11. The van der Waals surface area contributed by atoms with Gasteiger partial charge in [0.2, 0.25) is 11.8 Å². The molecule has 4 rings (SSSR count). The van der Waals surface area contributed by atoms with Crippen LogP contribution in [0.2, 0.25) is 5.02 Å². The lowest BCUT2D eigenvalue weighted by Gasteiger charge is -2.23. The van der Waals surface area contributed by atoms with E-state index >= 15 is 0 Å². The third-order valence-electron chi connectivity index (χ3n) is 5.90. The van der Waals surface area contributed by atoms with Crippen molar-refractivity contribution >= 4 is 34.8 Å². The Morgan fingerprint density at radius 2 is 1.55 bits per heavy atom. The maximum absolute atomic E-state index is 12.9. The van der Waals surface area contributed by atoms with Crippen molar-refractivity contribution < 1.29 is 14.3 Å². The van der Waals surface area contributed by atoms with E-state index in [2.05, 4.69) is 31.3 Å². The summed E-state index contributed by atoms with van der Waals surface area (Å²) in [4.78, 5) is 27.6. The number of hydrogen-bond donors (Lipinski definition) is 1. The lowest BCUT2D eigenvalue weighted by Crippen LogP contribution is -2.29. The topological polar surface area (TPSA) is 58.6 Å². The van der Waals surface area contributed by atoms with Crippen LogP contribution >= 0.6 is 11.6 Å². The molecule has 1 saturated heterocycles. The Kier molecular flexibility index (Phi) is 6.99. The first-order valence-electron chi connectivity index (χ1n) is 11.2. The Balaban J connectivity index is 1.41. The molecule has 0 bridgehead atoms. The van der Waals surface area contributed by atoms with Crippen molar-refractivity contribution in [1.82, 2.24) is 0 Å². The third-order valence-corrected chi connectivity index (χ3v) is 6.15. The van der Waals surface area contributed by atoms with Crippen LogP contribution in [0, 0.1) is 5.92 Å². The highest BCUT2D eigenvalue weighted by atomic mass is 35.5. The second kappa shape index (κ2) is 10.1. The minimum atomic E-state index is -0.392. The Morgan fingerprint density at radius 3 is 2.12 bits per heavy atom. The van der Waals surface area contributed by atoms with E-state index in [1.54, 1.807) is 53.4 Å². The highest BCUT2D eigenvalue weighted by molar-refractivity contribution is 6.30. The Labute approximate surface area is 199 Å². The van der Waals surface area contributed by atoms with E-state index in [9.17, 15) is 9.59 Å². The number of benzene rings is 3. The normalized spacial score (nSPS) is 15.5. The van der Waals surface area contributed by atoms with Gasteiger partial charge in [0.15, 0.2) is 0 Å². The van der Waals surface area contributed by atoms with Crippen molar-refractivity contribution in [3.8, 4) is 11.5 Å². The summed E-state index contributed by atoms with van der Waals surface area (Å²) >= 11 is 5.90. The highest BCUT2D eigenvalue weighted by Gasteiger charge is 2.36. The van der Waals surface area contributed by atoms with Gasteiger partial charge in [0.05, 0.1) is 5.92 Å². The molecule has 1 aliphatic heterocycles. The minimum Gasteiger partial charge on any atom is -0.457 e. The van der Waals surface area contributed by atoms with Gasteiger partial charge < -0.3 is 15.0 Å². The number of amides is 2. The Bertz CT molecular complexity index is 1120. The number of carbonyl (C=O) groups excluding carboxylic acids is 2. The van der Waals surface area contributed by atoms with E-state index < -0.39 is 5.92 Å². The number of para-hydroxylation sites is 1.